The van der Waals surface area contributed by atoms with Crippen LogP contribution < -0.4 is 16.6 Å². The summed E-state index contributed by atoms with van der Waals surface area (Å²) in [6.45, 7) is 1.95. The SMILES string of the molecule is C[C@@H](Sc1nc2ccccc2c(=O)n1Cc1ccccc1)C(=O)NC(N)=O. The number of urea groups is 1. The van der Waals surface area contributed by atoms with Gasteiger partial charge in [-0.1, -0.05) is 54.2 Å². The average molecular weight is 382 g/mol. The smallest absolute Gasteiger partial charge is 0.318 e. The number of nitrogens with zero attached hydrogens (tertiary/aromatic N) is 2. The Morgan fingerprint density at radius 2 is 1.81 bits per heavy atom. The third-order valence-corrected chi connectivity index (χ3v) is 5.00. The molecule has 3 N–H and O–H groups in total. The predicted octanol–water partition coefficient (Wildman–Crippen LogP) is 2.12. The number of amides is 3. The van der Waals surface area contributed by atoms with E-state index in [2.05, 4.69) is 4.98 Å². The average Bonchev–Trinajstić information content (AvgIpc) is 2.65. The number of carbonyl (C=O) groups excluding carboxylic acids is 2. The van der Waals surface area contributed by atoms with Crippen LogP contribution in [0.5, 0.6) is 0 Å². The fraction of sp³-hybridized carbons (Fsp3) is 0.158. The molecule has 0 unspecified atom stereocenters. The topological polar surface area (TPSA) is 107 Å². The summed E-state index contributed by atoms with van der Waals surface area (Å²) in [7, 11) is 0. The molecule has 0 aliphatic carbocycles. The lowest BCUT2D eigenvalue weighted by Gasteiger charge is -2.16. The van der Waals surface area contributed by atoms with Gasteiger partial charge in [-0.05, 0) is 24.6 Å². The second-order valence-corrected chi connectivity index (χ2v) is 7.21. The van der Waals surface area contributed by atoms with Crippen molar-refractivity contribution in [1.29, 1.82) is 0 Å². The van der Waals surface area contributed by atoms with E-state index in [-0.39, 0.29) is 5.56 Å². The largest absolute Gasteiger partial charge is 0.351 e. The lowest BCUT2D eigenvalue weighted by atomic mass is 10.2. The molecule has 3 amide bonds. The zero-order chi connectivity index (χ0) is 19.4. The number of aromatic nitrogens is 2. The van der Waals surface area contributed by atoms with Gasteiger partial charge in [-0.15, -0.1) is 0 Å². The molecule has 0 fully saturated rings. The second-order valence-electron chi connectivity index (χ2n) is 5.90. The van der Waals surface area contributed by atoms with Gasteiger partial charge in [0.1, 0.15) is 0 Å². The van der Waals surface area contributed by atoms with Gasteiger partial charge in [0.15, 0.2) is 5.16 Å². The molecule has 0 aliphatic rings. The van der Waals surface area contributed by atoms with Gasteiger partial charge in [0.25, 0.3) is 5.56 Å². The van der Waals surface area contributed by atoms with Gasteiger partial charge in [-0.25, -0.2) is 9.78 Å². The van der Waals surface area contributed by atoms with E-state index in [1.165, 1.54) is 4.57 Å². The maximum atomic E-state index is 13.0. The maximum absolute atomic E-state index is 13.0. The molecule has 1 aromatic heterocycles. The Labute approximate surface area is 159 Å². The number of benzene rings is 2. The zero-order valence-electron chi connectivity index (χ0n) is 14.6. The molecule has 0 bridgehead atoms. The minimum absolute atomic E-state index is 0.186. The predicted molar refractivity (Wildman–Crippen MR) is 105 cm³/mol. The molecule has 3 rings (SSSR count). The van der Waals surface area contributed by atoms with Gasteiger partial charge >= 0.3 is 6.03 Å². The van der Waals surface area contributed by atoms with Crippen LogP contribution in [-0.4, -0.2) is 26.7 Å². The number of fused-ring (bicyclic) bond motifs is 1. The maximum Gasteiger partial charge on any atom is 0.318 e. The number of hydrogen-bond donors (Lipinski definition) is 2. The van der Waals surface area contributed by atoms with E-state index in [9.17, 15) is 14.4 Å². The number of rotatable bonds is 5. The number of primary amides is 1. The normalized spacial score (nSPS) is 11.9. The Kier molecular flexibility index (Phi) is 5.56. The van der Waals surface area contributed by atoms with Gasteiger partial charge in [-0.3, -0.25) is 19.5 Å². The molecule has 8 heteroatoms. The fourth-order valence-corrected chi connectivity index (χ4v) is 3.49. The Morgan fingerprint density at radius 1 is 1.15 bits per heavy atom. The van der Waals surface area contributed by atoms with Crippen molar-refractivity contribution >= 4 is 34.6 Å². The highest BCUT2D eigenvalue weighted by atomic mass is 32.2. The van der Waals surface area contributed by atoms with E-state index in [0.29, 0.717) is 22.6 Å². The second kappa shape index (κ2) is 8.05. The first kappa shape index (κ1) is 18.7. The third kappa shape index (κ3) is 4.35. The molecule has 0 radical (unpaired) electrons. The third-order valence-electron chi connectivity index (χ3n) is 3.91. The molecule has 0 aliphatic heterocycles. The van der Waals surface area contributed by atoms with Gasteiger partial charge in [0.05, 0.1) is 22.7 Å². The van der Waals surface area contributed by atoms with E-state index >= 15 is 0 Å². The first-order valence-electron chi connectivity index (χ1n) is 8.26. The van der Waals surface area contributed by atoms with Crippen LogP contribution in [0.2, 0.25) is 0 Å². The van der Waals surface area contributed by atoms with Crippen molar-refractivity contribution in [3.05, 3.63) is 70.5 Å². The minimum Gasteiger partial charge on any atom is -0.351 e. The molecule has 0 saturated carbocycles. The van der Waals surface area contributed by atoms with Crippen LogP contribution in [0, 0.1) is 0 Å². The molecule has 0 saturated heterocycles. The summed E-state index contributed by atoms with van der Waals surface area (Å²) in [4.78, 5) is 40.5. The van der Waals surface area contributed by atoms with Crippen molar-refractivity contribution in [2.24, 2.45) is 5.73 Å². The highest BCUT2D eigenvalue weighted by molar-refractivity contribution is 8.00. The summed E-state index contributed by atoms with van der Waals surface area (Å²) in [6, 6.07) is 15.7. The van der Waals surface area contributed by atoms with Crippen molar-refractivity contribution in [3.8, 4) is 0 Å². The number of imide groups is 1. The van der Waals surface area contributed by atoms with Crippen molar-refractivity contribution in [1.82, 2.24) is 14.9 Å². The van der Waals surface area contributed by atoms with E-state index in [0.717, 1.165) is 17.3 Å². The van der Waals surface area contributed by atoms with Gasteiger partial charge in [-0.2, -0.15) is 0 Å². The number of thioether (sulfide) groups is 1. The lowest BCUT2D eigenvalue weighted by Crippen LogP contribution is -2.39. The van der Waals surface area contributed by atoms with Crippen molar-refractivity contribution in [2.45, 2.75) is 23.9 Å². The highest BCUT2D eigenvalue weighted by Gasteiger charge is 2.20. The van der Waals surface area contributed by atoms with Crippen LogP contribution in [0.15, 0.2) is 64.5 Å². The Morgan fingerprint density at radius 3 is 2.52 bits per heavy atom. The number of hydrogen-bond acceptors (Lipinski definition) is 5. The molecular weight excluding hydrogens is 364 g/mol. The van der Waals surface area contributed by atoms with E-state index in [4.69, 9.17) is 5.73 Å². The Bertz CT molecular complexity index is 1050. The van der Waals surface area contributed by atoms with Crippen LogP contribution in [0.4, 0.5) is 4.79 Å². The molecule has 1 heterocycles. The Balaban J connectivity index is 2.04. The summed E-state index contributed by atoms with van der Waals surface area (Å²) >= 11 is 1.10. The van der Waals surface area contributed by atoms with Crippen molar-refractivity contribution < 1.29 is 9.59 Å². The van der Waals surface area contributed by atoms with Crippen LogP contribution >= 0.6 is 11.8 Å². The summed E-state index contributed by atoms with van der Waals surface area (Å²) in [5, 5.41) is 2.29. The summed E-state index contributed by atoms with van der Waals surface area (Å²) in [5.74, 6) is -0.541. The van der Waals surface area contributed by atoms with Crippen molar-refractivity contribution in [3.63, 3.8) is 0 Å². The fourth-order valence-electron chi connectivity index (χ4n) is 2.58. The molecular formula is C19H18N4O3S. The van der Waals surface area contributed by atoms with Crippen molar-refractivity contribution in [2.75, 3.05) is 0 Å². The molecule has 27 heavy (non-hydrogen) atoms. The number of para-hydroxylation sites is 1. The summed E-state index contributed by atoms with van der Waals surface area (Å²) in [6.07, 6.45) is 0. The quantitative estimate of drug-likeness (QED) is 0.519. The van der Waals surface area contributed by atoms with Crippen LogP contribution in [-0.2, 0) is 11.3 Å². The minimum atomic E-state index is -0.916. The molecule has 2 aromatic carbocycles. The molecule has 1 atom stereocenters. The number of nitrogens with two attached hydrogens (primary N) is 1. The van der Waals surface area contributed by atoms with E-state index < -0.39 is 17.2 Å². The molecule has 0 spiro atoms. The standard InChI is InChI=1S/C19H18N4O3S/c1-12(16(24)22-18(20)26)27-19-21-15-10-6-5-9-14(15)17(25)23(19)11-13-7-3-2-4-8-13/h2-10,12H,11H2,1H3,(H3,20,22,24,26)/t12-/m1/s1. The zero-order valence-corrected chi connectivity index (χ0v) is 15.4. The van der Waals surface area contributed by atoms with E-state index in [1.807, 2.05) is 35.6 Å². The van der Waals surface area contributed by atoms with Crippen LogP contribution in [0.3, 0.4) is 0 Å². The number of nitrogens with one attached hydrogen (secondary N) is 1. The number of carbonyl (C=O) groups is 2. The van der Waals surface area contributed by atoms with Gasteiger partial charge < -0.3 is 5.73 Å². The van der Waals surface area contributed by atoms with Gasteiger partial charge in [0.2, 0.25) is 5.91 Å². The highest BCUT2D eigenvalue weighted by Crippen LogP contribution is 2.23. The van der Waals surface area contributed by atoms with Crippen LogP contribution in [0.25, 0.3) is 10.9 Å². The lowest BCUT2D eigenvalue weighted by molar-refractivity contribution is -0.119. The Hall–Kier alpha value is -3.13. The van der Waals surface area contributed by atoms with Gasteiger partial charge in [0, 0.05) is 0 Å². The molecule has 3 aromatic rings. The summed E-state index contributed by atoms with van der Waals surface area (Å²) in [5.41, 5.74) is 6.31. The van der Waals surface area contributed by atoms with E-state index in [1.54, 1.807) is 31.2 Å². The first-order chi connectivity index (χ1) is 13.0. The molecule has 7 nitrogen and oxygen atoms in total. The first-order valence-corrected chi connectivity index (χ1v) is 9.14. The molecule has 138 valence electrons. The summed E-state index contributed by atoms with van der Waals surface area (Å²) < 4.78 is 1.54. The van der Waals surface area contributed by atoms with Crippen LogP contribution in [0.1, 0.15) is 12.5 Å². The monoisotopic (exact) mass is 382 g/mol.